The van der Waals surface area contributed by atoms with Crippen molar-refractivity contribution >= 4 is 11.6 Å². The Labute approximate surface area is 134 Å². The Morgan fingerprint density at radius 2 is 2.26 bits per heavy atom. The van der Waals surface area contributed by atoms with Crippen molar-refractivity contribution < 1.29 is 9.32 Å². The molecule has 6 heteroatoms. The summed E-state index contributed by atoms with van der Waals surface area (Å²) in [6.45, 7) is 3.04. The molecular formula is C17H18N4O2. The molecule has 1 N–H and O–H groups in total. The first kappa shape index (κ1) is 15.0. The maximum absolute atomic E-state index is 12.0. The molecule has 1 amide bonds. The molecular weight excluding hydrogens is 292 g/mol. The third-order valence-corrected chi connectivity index (χ3v) is 3.42. The van der Waals surface area contributed by atoms with Crippen LogP contribution < -0.4 is 5.32 Å². The van der Waals surface area contributed by atoms with Crippen molar-refractivity contribution in [2.75, 3.05) is 5.32 Å². The largest absolute Gasteiger partial charge is 0.364 e. The van der Waals surface area contributed by atoms with Gasteiger partial charge >= 0.3 is 0 Å². The highest BCUT2D eigenvalue weighted by atomic mass is 16.5. The molecule has 3 aromatic rings. The number of amides is 1. The summed E-state index contributed by atoms with van der Waals surface area (Å²) < 4.78 is 6.84. The van der Waals surface area contributed by atoms with Crippen LogP contribution in [0.2, 0.25) is 0 Å². The number of carbonyl (C=O) groups is 1. The molecule has 0 aliphatic rings. The summed E-state index contributed by atoms with van der Waals surface area (Å²) in [7, 11) is 0. The van der Waals surface area contributed by atoms with Gasteiger partial charge in [-0.25, -0.2) is 4.98 Å². The van der Waals surface area contributed by atoms with Crippen molar-refractivity contribution in [1.82, 2.24) is 14.7 Å². The second-order valence-electron chi connectivity index (χ2n) is 5.24. The average Bonchev–Trinajstić information content (AvgIpc) is 3.19. The van der Waals surface area contributed by atoms with Crippen LogP contribution in [0.4, 0.5) is 5.69 Å². The van der Waals surface area contributed by atoms with Crippen molar-refractivity contribution in [3.8, 4) is 11.4 Å². The van der Waals surface area contributed by atoms with E-state index in [0.717, 1.165) is 30.0 Å². The molecule has 0 saturated heterocycles. The summed E-state index contributed by atoms with van der Waals surface area (Å²) in [6.07, 6.45) is 6.44. The number of hydrogen-bond donors (Lipinski definition) is 1. The first-order valence-electron chi connectivity index (χ1n) is 7.57. The van der Waals surface area contributed by atoms with Crippen molar-refractivity contribution in [2.45, 2.75) is 26.3 Å². The van der Waals surface area contributed by atoms with Gasteiger partial charge in [0.15, 0.2) is 0 Å². The highest BCUT2D eigenvalue weighted by Crippen LogP contribution is 2.21. The molecule has 0 atom stereocenters. The number of carbonyl (C=O) groups excluding carboxylic acids is 1. The van der Waals surface area contributed by atoms with Gasteiger partial charge in [0.1, 0.15) is 12.1 Å². The number of anilines is 1. The van der Waals surface area contributed by atoms with E-state index in [1.807, 2.05) is 30.5 Å². The van der Waals surface area contributed by atoms with E-state index in [-0.39, 0.29) is 12.3 Å². The minimum absolute atomic E-state index is 0.132. The van der Waals surface area contributed by atoms with Crippen molar-refractivity contribution in [2.24, 2.45) is 0 Å². The van der Waals surface area contributed by atoms with Crippen LogP contribution in [0.3, 0.4) is 0 Å². The normalized spacial score (nSPS) is 10.7. The maximum atomic E-state index is 12.0. The van der Waals surface area contributed by atoms with Crippen LogP contribution in [-0.2, 0) is 17.8 Å². The Hall–Kier alpha value is -2.89. The summed E-state index contributed by atoms with van der Waals surface area (Å²) in [5.41, 5.74) is 2.32. The molecule has 0 radical (unpaired) electrons. The predicted molar refractivity (Wildman–Crippen MR) is 86.8 cm³/mol. The molecule has 0 fully saturated rings. The lowest BCUT2D eigenvalue weighted by Gasteiger charge is -2.09. The van der Waals surface area contributed by atoms with Crippen molar-refractivity contribution in [3.05, 3.63) is 54.7 Å². The lowest BCUT2D eigenvalue weighted by Crippen LogP contribution is -2.14. The zero-order chi connectivity index (χ0) is 16.1. The molecule has 3 rings (SSSR count). The fourth-order valence-corrected chi connectivity index (χ4v) is 2.43. The van der Waals surface area contributed by atoms with E-state index in [0.29, 0.717) is 5.69 Å². The van der Waals surface area contributed by atoms with Gasteiger partial charge in [-0.05, 0) is 18.6 Å². The summed E-state index contributed by atoms with van der Waals surface area (Å²) in [5.74, 6) is 0.771. The third kappa shape index (κ3) is 3.66. The van der Waals surface area contributed by atoms with E-state index >= 15 is 0 Å². The number of rotatable bonds is 6. The quantitative estimate of drug-likeness (QED) is 0.759. The molecule has 0 spiro atoms. The number of nitrogens with zero attached hydrogens (tertiary/aromatic N) is 3. The van der Waals surface area contributed by atoms with Gasteiger partial charge in [0, 0.05) is 36.3 Å². The molecule has 0 bridgehead atoms. The molecule has 1 aromatic carbocycles. The Bertz CT molecular complexity index is 778. The first-order valence-corrected chi connectivity index (χ1v) is 7.57. The third-order valence-electron chi connectivity index (χ3n) is 3.42. The van der Waals surface area contributed by atoms with Crippen LogP contribution in [0.15, 0.2) is 53.5 Å². The standard InChI is InChI=1S/C17H18N4O2/c1-2-8-21-9-7-18-17(21)13-4-3-5-14(11-13)19-16(22)12-15-6-10-23-20-15/h3-7,9-11H,2,8,12H2,1H3,(H,19,22). The monoisotopic (exact) mass is 310 g/mol. The van der Waals surface area contributed by atoms with Crippen LogP contribution in [0.5, 0.6) is 0 Å². The lowest BCUT2D eigenvalue weighted by molar-refractivity contribution is -0.115. The average molecular weight is 310 g/mol. The van der Waals surface area contributed by atoms with Crippen LogP contribution in [0.1, 0.15) is 19.0 Å². The van der Waals surface area contributed by atoms with Crippen LogP contribution in [-0.4, -0.2) is 20.6 Å². The topological polar surface area (TPSA) is 73.0 Å². The molecule has 0 unspecified atom stereocenters. The van der Waals surface area contributed by atoms with Gasteiger partial charge < -0.3 is 14.4 Å². The Morgan fingerprint density at radius 3 is 3.04 bits per heavy atom. The smallest absolute Gasteiger partial charge is 0.230 e. The molecule has 6 nitrogen and oxygen atoms in total. The summed E-state index contributed by atoms with van der Waals surface area (Å²) in [6, 6.07) is 9.36. The number of imidazole rings is 1. The van der Waals surface area contributed by atoms with Crippen LogP contribution >= 0.6 is 0 Å². The summed E-state index contributed by atoms with van der Waals surface area (Å²) in [5, 5.41) is 6.62. The molecule has 118 valence electrons. The molecule has 0 aliphatic heterocycles. The zero-order valence-corrected chi connectivity index (χ0v) is 12.9. The van der Waals surface area contributed by atoms with Crippen LogP contribution in [0, 0.1) is 0 Å². The van der Waals surface area contributed by atoms with Gasteiger partial charge in [-0.1, -0.05) is 24.2 Å². The van der Waals surface area contributed by atoms with Gasteiger partial charge in [0.2, 0.25) is 5.91 Å². The number of aromatic nitrogens is 3. The van der Waals surface area contributed by atoms with E-state index in [9.17, 15) is 4.79 Å². The minimum atomic E-state index is -0.132. The van der Waals surface area contributed by atoms with E-state index in [4.69, 9.17) is 4.52 Å². The fraction of sp³-hybridized carbons (Fsp3) is 0.235. The fourth-order valence-electron chi connectivity index (χ4n) is 2.43. The number of hydrogen-bond acceptors (Lipinski definition) is 4. The predicted octanol–water partition coefficient (Wildman–Crippen LogP) is 3.13. The Morgan fingerprint density at radius 1 is 1.35 bits per heavy atom. The summed E-state index contributed by atoms with van der Waals surface area (Å²) >= 11 is 0. The zero-order valence-electron chi connectivity index (χ0n) is 12.9. The number of aryl methyl sites for hydroxylation is 1. The molecule has 2 aromatic heterocycles. The van der Waals surface area contributed by atoms with E-state index in [2.05, 4.69) is 26.9 Å². The second-order valence-corrected chi connectivity index (χ2v) is 5.24. The van der Waals surface area contributed by atoms with Gasteiger partial charge in [-0.3, -0.25) is 4.79 Å². The van der Waals surface area contributed by atoms with Crippen LogP contribution in [0.25, 0.3) is 11.4 Å². The highest BCUT2D eigenvalue weighted by Gasteiger charge is 2.09. The second kappa shape index (κ2) is 6.91. The van der Waals surface area contributed by atoms with Gasteiger partial charge in [0.25, 0.3) is 0 Å². The molecule has 2 heterocycles. The van der Waals surface area contributed by atoms with Crippen molar-refractivity contribution in [1.29, 1.82) is 0 Å². The molecule has 0 aliphatic carbocycles. The summed E-state index contributed by atoms with van der Waals surface area (Å²) in [4.78, 5) is 16.4. The Balaban J connectivity index is 1.74. The van der Waals surface area contributed by atoms with Gasteiger partial charge in [-0.2, -0.15) is 0 Å². The van der Waals surface area contributed by atoms with Gasteiger partial charge in [0.05, 0.1) is 12.1 Å². The van der Waals surface area contributed by atoms with E-state index < -0.39 is 0 Å². The molecule has 0 saturated carbocycles. The molecule has 23 heavy (non-hydrogen) atoms. The van der Waals surface area contributed by atoms with Gasteiger partial charge in [-0.15, -0.1) is 0 Å². The highest BCUT2D eigenvalue weighted by molar-refractivity contribution is 5.92. The Kier molecular flexibility index (Phi) is 4.52. The lowest BCUT2D eigenvalue weighted by atomic mass is 10.2. The van der Waals surface area contributed by atoms with Crippen molar-refractivity contribution in [3.63, 3.8) is 0 Å². The SMILES string of the molecule is CCCn1ccnc1-c1cccc(NC(=O)Cc2ccon2)c1. The van der Waals surface area contributed by atoms with E-state index in [1.165, 1.54) is 6.26 Å². The van der Waals surface area contributed by atoms with E-state index in [1.54, 1.807) is 12.3 Å². The number of benzene rings is 1. The first-order chi connectivity index (χ1) is 11.3. The minimum Gasteiger partial charge on any atom is -0.364 e. The maximum Gasteiger partial charge on any atom is 0.230 e. The number of nitrogens with one attached hydrogen (secondary N) is 1.